The average Bonchev–Trinajstić information content (AvgIpc) is 2.82. The molecule has 0 aliphatic rings. The van der Waals surface area contributed by atoms with Crippen molar-refractivity contribution in [3.05, 3.63) is 95.0 Å². The maximum Gasteiger partial charge on any atom is 0.253 e. The lowest BCUT2D eigenvalue weighted by atomic mass is 10.1. The number of hydrogen-bond acceptors (Lipinski definition) is 4. The fourth-order valence-electron chi connectivity index (χ4n) is 3.74. The van der Waals surface area contributed by atoms with Crippen molar-refractivity contribution in [2.75, 3.05) is 22.4 Å². The van der Waals surface area contributed by atoms with Crippen LogP contribution in [-0.4, -0.2) is 39.1 Å². The Morgan fingerprint density at radius 3 is 2.31 bits per heavy atom. The molecule has 0 aromatic heterocycles. The molecule has 3 aromatic carbocycles. The van der Waals surface area contributed by atoms with E-state index in [1.807, 2.05) is 30.3 Å². The molecule has 0 aliphatic heterocycles. The Balaban J connectivity index is 1.78. The molecule has 7 nitrogen and oxygen atoms in total. The van der Waals surface area contributed by atoms with Gasteiger partial charge in [-0.2, -0.15) is 0 Å². The first-order chi connectivity index (χ1) is 16.7. The molecule has 0 saturated carbocycles. The van der Waals surface area contributed by atoms with E-state index < -0.39 is 22.0 Å². The van der Waals surface area contributed by atoms with Gasteiger partial charge in [-0.05, 0) is 48.7 Å². The van der Waals surface area contributed by atoms with Crippen molar-refractivity contribution in [1.29, 1.82) is 0 Å². The molecule has 9 heteroatoms. The largest absolute Gasteiger partial charge is 0.352 e. The van der Waals surface area contributed by atoms with Crippen LogP contribution >= 0.6 is 11.6 Å². The average molecular weight is 514 g/mol. The second-order valence-electron chi connectivity index (χ2n) is 7.99. The molecule has 0 heterocycles. The van der Waals surface area contributed by atoms with Crippen LogP contribution in [0.25, 0.3) is 0 Å². The summed E-state index contributed by atoms with van der Waals surface area (Å²) in [6.45, 7) is 2.15. The van der Waals surface area contributed by atoms with Gasteiger partial charge in [-0.1, -0.05) is 67.1 Å². The molecule has 2 amide bonds. The van der Waals surface area contributed by atoms with Crippen LogP contribution in [0.4, 0.5) is 11.4 Å². The van der Waals surface area contributed by atoms with E-state index in [0.29, 0.717) is 23.7 Å². The number of carbonyl (C=O) groups excluding carboxylic acids is 2. The number of rotatable bonds is 10. The number of sulfonamides is 1. The first kappa shape index (κ1) is 26.2. The summed E-state index contributed by atoms with van der Waals surface area (Å²) in [5.41, 5.74) is 1.97. The highest BCUT2D eigenvalue weighted by Crippen LogP contribution is 2.26. The number of anilines is 2. The molecule has 1 atom stereocenters. The smallest absolute Gasteiger partial charge is 0.253 e. The zero-order valence-electron chi connectivity index (χ0n) is 19.6. The first-order valence-electron chi connectivity index (χ1n) is 11.2. The van der Waals surface area contributed by atoms with Crippen LogP contribution in [0.3, 0.4) is 0 Å². The summed E-state index contributed by atoms with van der Waals surface area (Å²) >= 11 is 6.07. The second-order valence-corrected chi connectivity index (χ2v) is 10.3. The Bertz CT molecular complexity index is 1280. The predicted molar refractivity (Wildman–Crippen MR) is 140 cm³/mol. The number of amides is 2. The standard InChI is InChI=1S/C26H28ClN3O4S/c1-3-24(30(35(2,33)34)21-13-9-12-20(27)18-21)26(32)29-23-15-8-7-14-22(23)25(31)28-17-16-19-10-5-4-6-11-19/h4-15,18,24H,3,16-17H2,1-2H3,(H,28,31)(H,29,32)/t24-/m1/s1. The van der Waals surface area contributed by atoms with Crippen LogP contribution < -0.4 is 14.9 Å². The third-order valence-corrected chi connectivity index (χ3v) is 6.78. The summed E-state index contributed by atoms with van der Waals surface area (Å²) in [5.74, 6) is -0.887. The number of halogens is 1. The summed E-state index contributed by atoms with van der Waals surface area (Å²) in [4.78, 5) is 26.1. The molecular weight excluding hydrogens is 486 g/mol. The van der Waals surface area contributed by atoms with Gasteiger partial charge in [0.25, 0.3) is 5.91 Å². The first-order valence-corrected chi connectivity index (χ1v) is 13.4. The number of para-hydroxylation sites is 1. The van der Waals surface area contributed by atoms with E-state index in [9.17, 15) is 18.0 Å². The normalized spacial score (nSPS) is 12.0. The number of carbonyl (C=O) groups is 2. The summed E-state index contributed by atoms with van der Waals surface area (Å²) in [6, 6.07) is 21.7. The van der Waals surface area contributed by atoms with Gasteiger partial charge in [0.2, 0.25) is 15.9 Å². The summed E-state index contributed by atoms with van der Waals surface area (Å²) < 4.78 is 26.4. The van der Waals surface area contributed by atoms with Crippen LogP contribution in [0.2, 0.25) is 5.02 Å². The predicted octanol–water partition coefficient (Wildman–Crippen LogP) is 4.50. The molecule has 0 radical (unpaired) electrons. The zero-order valence-corrected chi connectivity index (χ0v) is 21.1. The minimum absolute atomic E-state index is 0.205. The van der Waals surface area contributed by atoms with Gasteiger partial charge < -0.3 is 10.6 Å². The molecule has 0 saturated heterocycles. The third-order valence-electron chi connectivity index (χ3n) is 5.36. The summed E-state index contributed by atoms with van der Waals surface area (Å²) in [6.07, 6.45) is 1.91. The minimum Gasteiger partial charge on any atom is -0.352 e. The van der Waals surface area contributed by atoms with E-state index >= 15 is 0 Å². The van der Waals surface area contributed by atoms with Crippen molar-refractivity contribution in [3.63, 3.8) is 0 Å². The van der Waals surface area contributed by atoms with Crippen molar-refractivity contribution in [2.24, 2.45) is 0 Å². The lowest BCUT2D eigenvalue weighted by Gasteiger charge is -2.30. The highest BCUT2D eigenvalue weighted by atomic mass is 35.5. The van der Waals surface area contributed by atoms with E-state index in [-0.39, 0.29) is 23.6 Å². The third kappa shape index (κ3) is 7.07. The van der Waals surface area contributed by atoms with Gasteiger partial charge in [-0.25, -0.2) is 8.42 Å². The van der Waals surface area contributed by atoms with Crippen LogP contribution in [0.15, 0.2) is 78.9 Å². The second kappa shape index (κ2) is 11.9. The van der Waals surface area contributed by atoms with E-state index in [1.165, 1.54) is 6.07 Å². The number of nitrogens with one attached hydrogen (secondary N) is 2. The Labute approximate surface area is 211 Å². The molecule has 0 bridgehead atoms. The fourth-order valence-corrected chi connectivity index (χ4v) is 5.13. The van der Waals surface area contributed by atoms with Gasteiger partial charge in [-0.15, -0.1) is 0 Å². The monoisotopic (exact) mass is 513 g/mol. The number of nitrogens with zero attached hydrogens (tertiary/aromatic N) is 1. The van der Waals surface area contributed by atoms with Crippen LogP contribution in [0.1, 0.15) is 29.3 Å². The van der Waals surface area contributed by atoms with E-state index in [1.54, 1.807) is 49.4 Å². The van der Waals surface area contributed by atoms with E-state index in [2.05, 4.69) is 10.6 Å². The van der Waals surface area contributed by atoms with E-state index in [4.69, 9.17) is 11.6 Å². The van der Waals surface area contributed by atoms with Gasteiger partial charge in [0, 0.05) is 11.6 Å². The van der Waals surface area contributed by atoms with Crippen molar-refractivity contribution in [2.45, 2.75) is 25.8 Å². The molecule has 184 valence electrons. The van der Waals surface area contributed by atoms with Gasteiger partial charge in [-0.3, -0.25) is 13.9 Å². The van der Waals surface area contributed by atoms with Gasteiger partial charge in [0.05, 0.1) is 23.2 Å². The SMILES string of the molecule is CC[C@H](C(=O)Nc1ccccc1C(=O)NCCc1ccccc1)N(c1cccc(Cl)c1)S(C)(=O)=O. The zero-order chi connectivity index (χ0) is 25.4. The molecule has 0 fully saturated rings. The summed E-state index contributed by atoms with van der Waals surface area (Å²) in [5, 5.41) is 5.97. The maximum atomic E-state index is 13.3. The number of benzene rings is 3. The van der Waals surface area contributed by atoms with E-state index in [0.717, 1.165) is 16.1 Å². The van der Waals surface area contributed by atoms with Crippen molar-refractivity contribution in [3.8, 4) is 0 Å². The van der Waals surface area contributed by atoms with Gasteiger partial charge >= 0.3 is 0 Å². The molecular formula is C26H28ClN3O4S. The minimum atomic E-state index is -3.81. The lowest BCUT2D eigenvalue weighted by Crippen LogP contribution is -2.47. The van der Waals surface area contributed by atoms with Crippen molar-refractivity contribution < 1.29 is 18.0 Å². The fraction of sp³-hybridized carbons (Fsp3) is 0.231. The molecule has 0 aliphatic carbocycles. The molecule has 3 rings (SSSR count). The Kier molecular flexibility index (Phi) is 8.89. The quantitative estimate of drug-likeness (QED) is 0.417. The Morgan fingerprint density at radius 2 is 1.66 bits per heavy atom. The lowest BCUT2D eigenvalue weighted by molar-refractivity contribution is -0.117. The van der Waals surface area contributed by atoms with Crippen LogP contribution in [0, 0.1) is 0 Å². The van der Waals surface area contributed by atoms with Crippen molar-refractivity contribution >= 4 is 44.8 Å². The molecule has 2 N–H and O–H groups in total. The number of hydrogen-bond donors (Lipinski definition) is 2. The summed E-state index contributed by atoms with van der Waals surface area (Å²) in [7, 11) is -3.81. The molecule has 0 spiro atoms. The molecule has 35 heavy (non-hydrogen) atoms. The maximum absolute atomic E-state index is 13.3. The Morgan fingerprint density at radius 1 is 0.971 bits per heavy atom. The van der Waals surface area contributed by atoms with Crippen LogP contribution in [-0.2, 0) is 21.2 Å². The molecule has 3 aromatic rings. The van der Waals surface area contributed by atoms with Gasteiger partial charge in [0.15, 0.2) is 0 Å². The Hall–Kier alpha value is -3.36. The molecule has 0 unspecified atom stereocenters. The van der Waals surface area contributed by atoms with Crippen LogP contribution in [0.5, 0.6) is 0 Å². The van der Waals surface area contributed by atoms with Crippen molar-refractivity contribution in [1.82, 2.24) is 5.32 Å². The highest BCUT2D eigenvalue weighted by Gasteiger charge is 2.32. The topological polar surface area (TPSA) is 95.6 Å². The highest BCUT2D eigenvalue weighted by molar-refractivity contribution is 7.92. The van der Waals surface area contributed by atoms with Gasteiger partial charge in [0.1, 0.15) is 6.04 Å².